The van der Waals surface area contributed by atoms with Gasteiger partial charge in [-0.05, 0) is 81.1 Å². The third kappa shape index (κ3) is 1.64. The third-order valence-electron chi connectivity index (χ3n) is 7.11. The van der Waals surface area contributed by atoms with Crippen LogP contribution < -0.4 is 0 Å². The fraction of sp³-hybridized carbons (Fsp3) is 0.737. The summed E-state index contributed by atoms with van der Waals surface area (Å²) in [5.41, 5.74) is 5.38. The van der Waals surface area contributed by atoms with Crippen molar-refractivity contribution in [2.45, 2.75) is 65.2 Å². The zero-order valence-corrected chi connectivity index (χ0v) is 12.9. The van der Waals surface area contributed by atoms with E-state index in [1.165, 1.54) is 44.1 Å². The van der Waals surface area contributed by atoms with Crippen LogP contribution in [0.4, 0.5) is 0 Å². The molecule has 4 rings (SSSR count). The molecule has 0 amide bonds. The van der Waals surface area contributed by atoms with Crippen LogP contribution in [0.2, 0.25) is 0 Å². The second-order valence-electron chi connectivity index (χ2n) is 7.85. The summed E-state index contributed by atoms with van der Waals surface area (Å²) in [4.78, 5) is 11.8. The van der Waals surface area contributed by atoms with Gasteiger partial charge >= 0.3 is 0 Å². The number of carbonyl (C=O) groups excluding carboxylic acids is 1. The van der Waals surface area contributed by atoms with Crippen molar-refractivity contribution >= 4 is 5.78 Å². The molecule has 0 aliphatic heterocycles. The number of hydrogen-bond donors (Lipinski definition) is 0. The third-order valence-corrected chi connectivity index (χ3v) is 7.11. The molecule has 4 atom stereocenters. The topological polar surface area (TPSA) is 17.1 Å². The van der Waals surface area contributed by atoms with E-state index >= 15 is 0 Å². The molecule has 2 saturated carbocycles. The second-order valence-corrected chi connectivity index (χ2v) is 7.85. The van der Waals surface area contributed by atoms with Crippen LogP contribution in [0.25, 0.3) is 0 Å². The van der Waals surface area contributed by atoms with Crippen LogP contribution in [0.1, 0.15) is 65.2 Å². The average Bonchev–Trinajstić information content (AvgIpc) is 2.82. The first kappa shape index (κ1) is 12.9. The van der Waals surface area contributed by atoms with Crippen molar-refractivity contribution in [3.05, 3.63) is 22.8 Å². The van der Waals surface area contributed by atoms with Gasteiger partial charge in [0.25, 0.3) is 0 Å². The van der Waals surface area contributed by atoms with E-state index in [-0.39, 0.29) is 0 Å². The summed E-state index contributed by atoms with van der Waals surface area (Å²) in [7, 11) is 0. The van der Waals surface area contributed by atoms with Gasteiger partial charge in [0.2, 0.25) is 0 Å². The maximum absolute atomic E-state index is 11.8. The van der Waals surface area contributed by atoms with Crippen LogP contribution in [-0.2, 0) is 4.79 Å². The van der Waals surface area contributed by atoms with E-state index in [0.717, 1.165) is 30.6 Å². The van der Waals surface area contributed by atoms with Crippen LogP contribution in [-0.4, -0.2) is 5.78 Å². The molecule has 0 unspecified atom stereocenters. The van der Waals surface area contributed by atoms with Crippen molar-refractivity contribution < 1.29 is 4.79 Å². The van der Waals surface area contributed by atoms with Gasteiger partial charge in [-0.15, -0.1) is 0 Å². The summed E-state index contributed by atoms with van der Waals surface area (Å²) in [5, 5.41) is 0. The summed E-state index contributed by atoms with van der Waals surface area (Å²) in [5.74, 6) is 3.02. The van der Waals surface area contributed by atoms with E-state index in [1.807, 2.05) is 11.6 Å². The Labute approximate surface area is 122 Å². The highest BCUT2D eigenvalue weighted by Gasteiger charge is 2.51. The lowest BCUT2D eigenvalue weighted by Gasteiger charge is -2.54. The lowest BCUT2D eigenvalue weighted by Crippen LogP contribution is -2.45. The Bertz CT molecular complexity index is 524. The number of hydrogen-bond acceptors (Lipinski definition) is 1. The number of carbonyl (C=O) groups is 1. The van der Waals surface area contributed by atoms with Gasteiger partial charge in [0, 0.05) is 6.42 Å². The van der Waals surface area contributed by atoms with Crippen LogP contribution in [0.15, 0.2) is 22.8 Å². The Morgan fingerprint density at radius 1 is 1.10 bits per heavy atom. The summed E-state index contributed by atoms with van der Waals surface area (Å²) in [6, 6.07) is 0. The summed E-state index contributed by atoms with van der Waals surface area (Å²) in [6.07, 6.45) is 11.9. The first-order valence-electron chi connectivity index (χ1n) is 8.52. The lowest BCUT2D eigenvalue weighted by atomic mass is 9.50. The quantitative estimate of drug-likeness (QED) is 0.576. The number of allylic oxidation sites excluding steroid dienone is 4. The fourth-order valence-electron chi connectivity index (χ4n) is 5.97. The van der Waals surface area contributed by atoms with E-state index in [0.29, 0.717) is 11.2 Å². The largest absolute Gasteiger partial charge is 0.295 e. The molecule has 0 N–H and O–H groups in total. The Hall–Kier alpha value is -0.850. The van der Waals surface area contributed by atoms with Gasteiger partial charge in [0.15, 0.2) is 5.78 Å². The SMILES string of the molecule is CC1=C2CC[C@@H]3[C@H](CCC4=CC(=O)CC[C@]43C)[C@@H]2CC1. The lowest BCUT2D eigenvalue weighted by molar-refractivity contribution is -0.116. The second kappa shape index (κ2) is 4.32. The van der Waals surface area contributed by atoms with Crippen molar-refractivity contribution in [3.8, 4) is 0 Å². The van der Waals surface area contributed by atoms with Gasteiger partial charge in [-0.1, -0.05) is 23.6 Å². The molecule has 2 fully saturated rings. The van der Waals surface area contributed by atoms with E-state index in [9.17, 15) is 4.79 Å². The highest BCUT2D eigenvalue weighted by molar-refractivity contribution is 5.91. The molecule has 0 radical (unpaired) electrons. The first-order valence-corrected chi connectivity index (χ1v) is 8.52. The van der Waals surface area contributed by atoms with Crippen molar-refractivity contribution in [1.82, 2.24) is 0 Å². The molecule has 20 heavy (non-hydrogen) atoms. The van der Waals surface area contributed by atoms with Gasteiger partial charge in [0.05, 0.1) is 0 Å². The van der Waals surface area contributed by atoms with Crippen molar-refractivity contribution in [3.63, 3.8) is 0 Å². The average molecular weight is 270 g/mol. The van der Waals surface area contributed by atoms with Crippen molar-refractivity contribution in [1.29, 1.82) is 0 Å². The predicted molar refractivity (Wildman–Crippen MR) is 81.3 cm³/mol. The summed E-state index contributed by atoms with van der Waals surface area (Å²) >= 11 is 0. The maximum atomic E-state index is 11.8. The molecule has 0 aromatic carbocycles. The highest BCUT2D eigenvalue weighted by Crippen LogP contribution is 2.61. The molecule has 4 aliphatic rings. The molecule has 4 aliphatic carbocycles. The van der Waals surface area contributed by atoms with Crippen molar-refractivity contribution in [2.24, 2.45) is 23.2 Å². The molecule has 0 aromatic heterocycles. The molecule has 1 heteroatoms. The van der Waals surface area contributed by atoms with Gasteiger partial charge in [-0.2, -0.15) is 0 Å². The van der Waals surface area contributed by atoms with Crippen molar-refractivity contribution in [2.75, 3.05) is 0 Å². The van der Waals surface area contributed by atoms with E-state index < -0.39 is 0 Å². The predicted octanol–water partition coefficient (Wildman–Crippen LogP) is 4.83. The molecule has 0 bridgehead atoms. The first-order chi connectivity index (χ1) is 9.59. The van der Waals surface area contributed by atoms with Gasteiger partial charge < -0.3 is 0 Å². The van der Waals surface area contributed by atoms with Crippen LogP contribution in [0.5, 0.6) is 0 Å². The Morgan fingerprint density at radius 2 is 1.95 bits per heavy atom. The molecular weight excluding hydrogens is 244 g/mol. The Kier molecular flexibility index (Phi) is 2.78. The molecular formula is C19H26O. The highest BCUT2D eigenvalue weighted by atomic mass is 16.1. The van der Waals surface area contributed by atoms with Crippen LogP contribution in [0, 0.1) is 23.2 Å². The van der Waals surface area contributed by atoms with Gasteiger partial charge in [0.1, 0.15) is 0 Å². The molecule has 0 saturated heterocycles. The zero-order valence-electron chi connectivity index (χ0n) is 12.9. The Morgan fingerprint density at radius 3 is 2.80 bits per heavy atom. The number of ketones is 1. The minimum Gasteiger partial charge on any atom is -0.295 e. The minimum atomic E-state index is 0.346. The molecule has 0 heterocycles. The monoisotopic (exact) mass is 270 g/mol. The van der Waals surface area contributed by atoms with Crippen LogP contribution >= 0.6 is 0 Å². The summed E-state index contributed by atoms with van der Waals surface area (Å²) in [6.45, 7) is 4.84. The Balaban J connectivity index is 1.70. The zero-order chi connectivity index (χ0) is 13.9. The van der Waals surface area contributed by atoms with Gasteiger partial charge in [-0.3, -0.25) is 4.79 Å². The van der Waals surface area contributed by atoms with E-state index in [4.69, 9.17) is 0 Å². The fourth-order valence-corrected chi connectivity index (χ4v) is 5.97. The maximum Gasteiger partial charge on any atom is 0.155 e. The molecule has 108 valence electrons. The summed E-state index contributed by atoms with van der Waals surface area (Å²) < 4.78 is 0. The van der Waals surface area contributed by atoms with Gasteiger partial charge in [-0.25, -0.2) is 0 Å². The molecule has 0 aromatic rings. The standard InChI is InChI=1S/C19H26O/c1-12-3-5-16-15(12)7-8-18-17(16)6-4-13-11-14(20)9-10-19(13,18)2/h11,16-18H,3-10H2,1-2H3/t16-,17-,18-,19-/m1/s1. The number of fused-ring (bicyclic) bond motifs is 5. The number of rotatable bonds is 0. The van der Waals surface area contributed by atoms with Crippen LogP contribution in [0.3, 0.4) is 0 Å². The smallest absolute Gasteiger partial charge is 0.155 e. The molecule has 1 nitrogen and oxygen atoms in total. The minimum absolute atomic E-state index is 0.346. The van der Waals surface area contributed by atoms with E-state index in [2.05, 4.69) is 13.8 Å². The van der Waals surface area contributed by atoms with E-state index in [1.54, 1.807) is 5.57 Å². The normalized spacial score (nSPS) is 43.8. The molecule has 0 spiro atoms.